The van der Waals surface area contributed by atoms with Crippen LogP contribution < -0.4 is 11.3 Å². The normalized spacial score (nSPS) is 16.1. The molecule has 0 unspecified atom stereocenters. The van der Waals surface area contributed by atoms with Crippen LogP contribution in [0.2, 0.25) is 0 Å². The van der Waals surface area contributed by atoms with Gasteiger partial charge in [-0.25, -0.2) is 0 Å². The molecule has 2 aromatic rings. The third-order valence-electron chi connectivity index (χ3n) is 4.25. The number of aryl methyl sites for hydroxylation is 1. The van der Waals surface area contributed by atoms with Crippen LogP contribution in [0.25, 0.3) is 10.9 Å². The second-order valence-electron chi connectivity index (χ2n) is 5.39. The number of hydrogen-bond donors (Lipinski definition) is 2. The zero-order valence-electron chi connectivity index (χ0n) is 11.4. The van der Waals surface area contributed by atoms with E-state index in [9.17, 15) is 0 Å². The molecule has 0 radical (unpaired) electrons. The van der Waals surface area contributed by atoms with Gasteiger partial charge in [0.2, 0.25) is 0 Å². The number of nitrogens with one attached hydrogen (secondary N) is 1. The molecule has 0 atom stereocenters. The minimum Gasteiger partial charge on any atom is -0.323 e. The van der Waals surface area contributed by atoms with Crippen LogP contribution in [0, 0.1) is 0 Å². The van der Waals surface area contributed by atoms with E-state index in [2.05, 4.69) is 36.6 Å². The molecule has 3 N–H and O–H groups in total. The standard InChI is InChI=1S/C16H21N3/c1-2-11-8-5-9-13-15(19-17)10-14(18-16(11)13)12-6-3-4-7-12/h5,8-10,12H,2-4,6-7,17H2,1H3,(H,18,19). The van der Waals surface area contributed by atoms with Crippen molar-refractivity contribution < 1.29 is 0 Å². The Morgan fingerprint density at radius 2 is 2.11 bits per heavy atom. The van der Waals surface area contributed by atoms with Crippen LogP contribution in [-0.4, -0.2) is 4.98 Å². The first-order valence-electron chi connectivity index (χ1n) is 7.22. The van der Waals surface area contributed by atoms with Crippen molar-refractivity contribution in [3.8, 4) is 0 Å². The van der Waals surface area contributed by atoms with Crippen LogP contribution >= 0.6 is 0 Å². The van der Waals surface area contributed by atoms with Crippen molar-refractivity contribution in [1.82, 2.24) is 4.98 Å². The Hall–Kier alpha value is -1.61. The van der Waals surface area contributed by atoms with Gasteiger partial charge < -0.3 is 5.43 Å². The SMILES string of the molecule is CCc1cccc2c(NN)cc(C3CCCC3)nc12. The van der Waals surface area contributed by atoms with Crippen LogP contribution in [0.15, 0.2) is 24.3 Å². The molecule has 1 aliphatic carbocycles. The van der Waals surface area contributed by atoms with E-state index in [4.69, 9.17) is 10.8 Å². The van der Waals surface area contributed by atoms with Crippen LogP contribution in [0.5, 0.6) is 0 Å². The fourth-order valence-corrected chi connectivity index (χ4v) is 3.16. The van der Waals surface area contributed by atoms with Gasteiger partial charge in [0.1, 0.15) is 0 Å². The van der Waals surface area contributed by atoms with Crippen LogP contribution in [-0.2, 0) is 6.42 Å². The van der Waals surface area contributed by atoms with E-state index in [0.717, 1.165) is 23.0 Å². The number of pyridine rings is 1. The van der Waals surface area contributed by atoms with Crippen molar-refractivity contribution in [1.29, 1.82) is 0 Å². The number of nitrogen functional groups attached to an aromatic ring is 1. The predicted molar refractivity (Wildman–Crippen MR) is 80.1 cm³/mol. The lowest BCUT2D eigenvalue weighted by atomic mass is 9.99. The molecule has 1 saturated carbocycles. The topological polar surface area (TPSA) is 50.9 Å². The lowest BCUT2D eigenvalue weighted by Crippen LogP contribution is -2.09. The molecule has 100 valence electrons. The average molecular weight is 255 g/mol. The van der Waals surface area contributed by atoms with E-state index in [-0.39, 0.29) is 0 Å². The third kappa shape index (κ3) is 2.19. The van der Waals surface area contributed by atoms with Crippen molar-refractivity contribution in [2.75, 3.05) is 5.43 Å². The number of fused-ring (bicyclic) bond motifs is 1. The molecule has 1 fully saturated rings. The van der Waals surface area contributed by atoms with E-state index in [0.29, 0.717) is 5.92 Å². The van der Waals surface area contributed by atoms with Crippen molar-refractivity contribution in [3.05, 3.63) is 35.5 Å². The van der Waals surface area contributed by atoms with E-state index in [1.165, 1.54) is 36.9 Å². The van der Waals surface area contributed by atoms with Gasteiger partial charge in [-0.3, -0.25) is 10.8 Å². The number of rotatable bonds is 3. The summed E-state index contributed by atoms with van der Waals surface area (Å²) in [4.78, 5) is 4.94. The van der Waals surface area contributed by atoms with Gasteiger partial charge >= 0.3 is 0 Å². The lowest BCUT2D eigenvalue weighted by molar-refractivity contribution is 0.701. The largest absolute Gasteiger partial charge is 0.323 e. The Labute approximate surface area is 114 Å². The molecule has 0 bridgehead atoms. The summed E-state index contributed by atoms with van der Waals surface area (Å²) in [7, 11) is 0. The van der Waals surface area contributed by atoms with Crippen LogP contribution in [0.4, 0.5) is 5.69 Å². The molecule has 1 aliphatic rings. The summed E-state index contributed by atoms with van der Waals surface area (Å²) in [5, 5.41) is 1.13. The van der Waals surface area contributed by atoms with Gasteiger partial charge in [-0.2, -0.15) is 0 Å². The monoisotopic (exact) mass is 255 g/mol. The second-order valence-corrected chi connectivity index (χ2v) is 5.39. The summed E-state index contributed by atoms with van der Waals surface area (Å²) in [6.45, 7) is 2.17. The third-order valence-corrected chi connectivity index (χ3v) is 4.25. The van der Waals surface area contributed by atoms with E-state index in [1.54, 1.807) is 0 Å². The molecule has 0 aliphatic heterocycles. The second kappa shape index (κ2) is 5.17. The van der Waals surface area contributed by atoms with Gasteiger partial charge in [-0.05, 0) is 30.9 Å². The van der Waals surface area contributed by atoms with Crippen LogP contribution in [0.1, 0.15) is 49.8 Å². The van der Waals surface area contributed by atoms with Crippen LogP contribution in [0.3, 0.4) is 0 Å². The fourth-order valence-electron chi connectivity index (χ4n) is 3.16. The fraction of sp³-hybridized carbons (Fsp3) is 0.438. The molecule has 0 spiro atoms. The number of benzene rings is 1. The maximum absolute atomic E-state index is 5.70. The smallest absolute Gasteiger partial charge is 0.0758 e. The Kier molecular flexibility index (Phi) is 3.38. The van der Waals surface area contributed by atoms with Gasteiger partial charge in [0.05, 0.1) is 11.2 Å². The quantitative estimate of drug-likeness (QED) is 0.649. The number of anilines is 1. The zero-order chi connectivity index (χ0) is 13.2. The highest BCUT2D eigenvalue weighted by molar-refractivity contribution is 5.93. The van der Waals surface area contributed by atoms with Crippen molar-refractivity contribution in [2.24, 2.45) is 5.84 Å². The van der Waals surface area contributed by atoms with Gasteiger partial charge in [0.25, 0.3) is 0 Å². The number of hydrogen-bond acceptors (Lipinski definition) is 3. The predicted octanol–water partition coefficient (Wildman–Crippen LogP) is 3.74. The van der Waals surface area contributed by atoms with E-state index in [1.807, 2.05) is 0 Å². The number of nitrogens with two attached hydrogens (primary N) is 1. The number of aromatic nitrogens is 1. The van der Waals surface area contributed by atoms with E-state index < -0.39 is 0 Å². The molecule has 3 rings (SSSR count). The summed E-state index contributed by atoms with van der Waals surface area (Å²) in [5.41, 5.74) is 7.47. The van der Waals surface area contributed by atoms with Crippen molar-refractivity contribution >= 4 is 16.6 Å². The highest BCUT2D eigenvalue weighted by Gasteiger charge is 2.20. The molecule has 1 aromatic carbocycles. The highest BCUT2D eigenvalue weighted by Crippen LogP contribution is 2.36. The summed E-state index contributed by atoms with van der Waals surface area (Å²) < 4.78 is 0. The van der Waals surface area contributed by atoms with Gasteiger partial charge in [-0.15, -0.1) is 0 Å². The summed E-state index contributed by atoms with van der Waals surface area (Å²) >= 11 is 0. The molecule has 3 nitrogen and oxygen atoms in total. The number of nitrogens with zero attached hydrogens (tertiary/aromatic N) is 1. The zero-order valence-corrected chi connectivity index (χ0v) is 11.4. The maximum Gasteiger partial charge on any atom is 0.0758 e. The van der Waals surface area contributed by atoms with Gasteiger partial charge in [-0.1, -0.05) is 38.0 Å². The van der Waals surface area contributed by atoms with E-state index >= 15 is 0 Å². The first-order chi connectivity index (χ1) is 9.33. The van der Waals surface area contributed by atoms with Gasteiger partial charge in [0, 0.05) is 17.0 Å². The molecular formula is C16H21N3. The van der Waals surface area contributed by atoms with Crippen molar-refractivity contribution in [2.45, 2.75) is 44.9 Å². The van der Waals surface area contributed by atoms with Gasteiger partial charge in [0.15, 0.2) is 0 Å². The summed E-state index contributed by atoms with van der Waals surface area (Å²) in [6.07, 6.45) is 6.17. The maximum atomic E-state index is 5.70. The number of hydrazine groups is 1. The molecule has 3 heteroatoms. The Morgan fingerprint density at radius 1 is 1.32 bits per heavy atom. The first kappa shape index (κ1) is 12.4. The summed E-state index contributed by atoms with van der Waals surface area (Å²) in [6, 6.07) is 8.47. The molecule has 1 aromatic heterocycles. The Morgan fingerprint density at radius 3 is 2.79 bits per heavy atom. The minimum atomic E-state index is 0.612. The minimum absolute atomic E-state index is 0.612. The molecule has 1 heterocycles. The molecule has 19 heavy (non-hydrogen) atoms. The summed E-state index contributed by atoms with van der Waals surface area (Å²) in [5.74, 6) is 6.31. The molecule has 0 saturated heterocycles. The molecule has 0 amide bonds. The Bertz CT molecular complexity index is 586. The molecular weight excluding hydrogens is 234 g/mol. The first-order valence-corrected chi connectivity index (χ1v) is 7.22. The Balaban J connectivity index is 2.19. The van der Waals surface area contributed by atoms with Crippen molar-refractivity contribution in [3.63, 3.8) is 0 Å². The lowest BCUT2D eigenvalue weighted by Gasteiger charge is -2.14. The highest BCUT2D eigenvalue weighted by atomic mass is 15.2. The number of para-hydroxylation sites is 1. The average Bonchev–Trinajstić information content (AvgIpc) is 2.99.